The van der Waals surface area contributed by atoms with Crippen molar-refractivity contribution in [2.24, 2.45) is 0 Å². The van der Waals surface area contributed by atoms with Gasteiger partial charge in [-0.1, -0.05) is 133 Å². The number of carbonyl (C=O) groups is 3. The Morgan fingerprint density at radius 2 is 0.739 bits per heavy atom. The number of furan rings is 3. The Balaban J connectivity index is 0.000000151. The van der Waals surface area contributed by atoms with E-state index in [0.717, 1.165) is 42.5 Å². The molecular formula is C71H38F8O13. The number of ether oxygens (including phenoxy) is 1. The highest BCUT2D eigenvalue weighted by Gasteiger charge is 2.32. The van der Waals surface area contributed by atoms with Crippen molar-refractivity contribution in [2.75, 3.05) is 0 Å². The summed E-state index contributed by atoms with van der Waals surface area (Å²) in [6.07, 6.45) is -9.29. The summed E-state index contributed by atoms with van der Waals surface area (Å²) in [4.78, 5) is 34.3. The number of hydrogen-bond donors (Lipinski definition) is 6. The molecule has 6 N–H and O–H groups in total. The maximum Gasteiger partial charge on any atom is 0.573 e. The Morgan fingerprint density at radius 1 is 0.380 bits per heavy atom. The molecule has 0 amide bonds. The standard InChI is InChI=1S/C24H13F3O5.C24H13F3O4.C23H12F2O4/c25-24(26,27)32-16-9-6-14(7-10-16)8-11-17-18-12-19(23(29)30)20(28)13-21(18)31-22(17)15-4-2-1-3-5-15;25-24(26,27)16-8-4-5-14(11-16)9-10-17-18-12-19(23(29)30)20(28)13-21(18)31-22(17)15-6-2-1-3-7-15;24-15-8-13(9-16(25)10-15)6-7-17-18-11-19(23(27)28)20(26)12-21(18)29-22(17)14-4-2-1-3-5-14/h1-7,9-10,12-13,28H,(H,29,30);1-8,11-13,28H,(H,29,30);1-5,8-12,26H,(H,27,28). The first kappa shape index (κ1) is 62.4. The van der Waals surface area contributed by atoms with E-state index in [1.807, 2.05) is 12.1 Å². The Labute approximate surface area is 513 Å². The van der Waals surface area contributed by atoms with E-state index < -0.39 is 64.9 Å². The molecule has 456 valence electrons. The number of fused-ring (bicyclic) bond motifs is 3. The molecule has 92 heavy (non-hydrogen) atoms. The largest absolute Gasteiger partial charge is 0.573 e. The van der Waals surface area contributed by atoms with Gasteiger partial charge in [0.05, 0.1) is 22.3 Å². The zero-order valence-corrected chi connectivity index (χ0v) is 46.5. The molecule has 3 aromatic heterocycles. The van der Waals surface area contributed by atoms with Gasteiger partial charge in [0.15, 0.2) is 17.3 Å². The van der Waals surface area contributed by atoms with E-state index in [4.69, 9.17) is 13.3 Å². The van der Waals surface area contributed by atoms with Gasteiger partial charge in [0.25, 0.3) is 0 Å². The van der Waals surface area contributed by atoms with Crippen molar-refractivity contribution in [3.05, 3.63) is 261 Å². The number of aromatic hydroxyl groups is 3. The van der Waals surface area contributed by atoms with Crippen LogP contribution in [0.1, 0.15) is 70.0 Å². The highest BCUT2D eigenvalue weighted by Crippen LogP contribution is 2.40. The second kappa shape index (κ2) is 26.0. The van der Waals surface area contributed by atoms with Gasteiger partial charge < -0.3 is 48.6 Å². The van der Waals surface area contributed by atoms with Crippen molar-refractivity contribution in [1.29, 1.82) is 0 Å². The average molecular weight is 1250 g/mol. The first-order valence-electron chi connectivity index (χ1n) is 26.7. The summed E-state index contributed by atoms with van der Waals surface area (Å²) in [7, 11) is 0. The molecule has 0 fully saturated rings. The fraction of sp³-hybridized carbons (Fsp3) is 0.0282. The summed E-state index contributed by atoms with van der Waals surface area (Å²) < 4.78 is 124. The van der Waals surface area contributed by atoms with Crippen LogP contribution >= 0.6 is 0 Å². The monoisotopic (exact) mass is 1250 g/mol. The molecule has 12 rings (SSSR count). The minimum atomic E-state index is -4.79. The smallest absolute Gasteiger partial charge is 0.507 e. The minimum Gasteiger partial charge on any atom is -0.507 e. The third kappa shape index (κ3) is 14.3. The van der Waals surface area contributed by atoms with Crippen LogP contribution in [0, 0.1) is 47.2 Å². The lowest BCUT2D eigenvalue weighted by Gasteiger charge is -2.07. The minimum absolute atomic E-state index is 0.119. The normalized spacial score (nSPS) is 11.0. The predicted molar refractivity (Wildman–Crippen MR) is 320 cm³/mol. The van der Waals surface area contributed by atoms with Gasteiger partial charge in [0.1, 0.15) is 68.1 Å². The van der Waals surface area contributed by atoms with E-state index in [2.05, 4.69) is 40.3 Å². The number of halogens is 8. The molecular weight excluding hydrogens is 1210 g/mol. The van der Waals surface area contributed by atoms with E-state index >= 15 is 0 Å². The number of aromatic carboxylic acids is 3. The van der Waals surface area contributed by atoms with Crippen LogP contribution in [-0.4, -0.2) is 54.9 Å². The zero-order valence-electron chi connectivity index (χ0n) is 46.5. The molecule has 0 atom stereocenters. The van der Waals surface area contributed by atoms with Crippen LogP contribution in [0.5, 0.6) is 23.0 Å². The lowest BCUT2D eigenvalue weighted by molar-refractivity contribution is -0.274. The maximum absolute atomic E-state index is 13.5. The van der Waals surface area contributed by atoms with Crippen LogP contribution in [0.2, 0.25) is 0 Å². The number of hydrogen-bond acceptors (Lipinski definition) is 10. The van der Waals surface area contributed by atoms with Crippen molar-refractivity contribution in [2.45, 2.75) is 12.5 Å². The summed E-state index contributed by atoms with van der Waals surface area (Å²) in [5.74, 6) is 10.7. The summed E-state index contributed by atoms with van der Waals surface area (Å²) in [5, 5.41) is 59.0. The molecule has 13 nitrogen and oxygen atoms in total. The molecule has 3 heterocycles. The van der Waals surface area contributed by atoms with Crippen molar-refractivity contribution in [3.63, 3.8) is 0 Å². The molecule has 0 unspecified atom stereocenters. The van der Waals surface area contributed by atoms with Crippen LogP contribution in [0.25, 0.3) is 66.9 Å². The van der Waals surface area contributed by atoms with E-state index in [9.17, 15) is 80.1 Å². The van der Waals surface area contributed by atoms with E-state index in [-0.39, 0.29) is 50.3 Å². The lowest BCUT2D eigenvalue weighted by Crippen LogP contribution is -2.16. The van der Waals surface area contributed by atoms with Gasteiger partial charge in [0.2, 0.25) is 0 Å². The molecule has 0 bridgehead atoms. The third-order valence-electron chi connectivity index (χ3n) is 13.4. The molecule has 0 aliphatic carbocycles. The number of rotatable bonds is 7. The van der Waals surface area contributed by atoms with Gasteiger partial charge in [0, 0.05) is 73.8 Å². The molecule has 0 aliphatic rings. The molecule has 9 aromatic carbocycles. The first-order chi connectivity index (χ1) is 43.9. The van der Waals surface area contributed by atoms with Crippen molar-refractivity contribution in [1.82, 2.24) is 0 Å². The fourth-order valence-electron chi connectivity index (χ4n) is 9.20. The molecule has 0 aliphatic heterocycles. The van der Waals surface area contributed by atoms with Gasteiger partial charge in [-0.15, -0.1) is 13.2 Å². The van der Waals surface area contributed by atoms with Crippen LogP contribution in [0.3, 0.4) is 0 Å². The quantitative estimate of drug-likeness (QED) is 0.0647. The van der Waals surface area contributed by atoms with Crippen molar-refractivity contribution >= 4 is 50.8 Å². The summed E-state index contributed by atoms with van der Waals surface area (Å²) in [5.41, 5.74) is 2.60. The number of benzene rings is 9. The SMILES string of the molecule is O=C(O)c1cc2c(C#Cc3cc(F)cc(F)c3)c(-c3ccccc3)oc2cc1O.O=C(O)c1cc2c(C#Cc3ccc(OC(F)(F)F)cc3)c(-c3ccccc3)oc2cc1O.O=C(O)c1cc2c(C#Cc3cccc(C(F)(F)F)c3)c(-c3ccccc3)oc2cc1O. The van der Waals surface area contributed by atoms with Gasteiger partial charge in [-0.2, -0.15) is 13.2 Å². The van der Waals surface area contributed by atoms with Gasteiger partial charge in [-0.25, -0.2) is 23.2 Å². The van der Waals surface area contributed by atoms with E-state index in [1.54, 1.807) is 78.9 Å². The van der Waals surface area contributed by atoms with Crippen LogP contribution in [-0.2, 0) is 6.18 Å². The predicted octanol–water partition coefficient (Wildman–Crippen LogP) is 16.9. The van der Waals surface area contributed by atoms with Gasteiger partial charge in [-0.3, -0.25) is 0 Å². The molecule has 21 heteroatoms. The highest BCUT2D eigenvalue weighted by atomic mass is 19.4. The second-order valence-corrected chi connectivity index (χ2v) is 19.6. The molecule has 0 radical (unpaired) electrons. The van der Waals surface area contributed by atoms with Crippen LogP contribution in [0.15, 0.2) is 207 Å². The second-order valence-electron chi connectivity index (χ2n) is 19.6. The van der Waals surface area contributed by atoms with Crippen LogP contribution in [0.4, 0.5) is 35.1 Å². The average Bonchev–Trinajstić information content (AvgIpc) is 1.65. The number of phenols is 3. The number of carboxylic acid groups (broad SMARTS) is 3. The summed E-state index contributed by atoms with van der Waals surface area (Å²) in [6.45, 7) is 0. The number of alkyl halides is 6. The Hall–Kier alpha value is -12.7. The van der Waals surface area contributed by atoms with E-state index in [0.29, 0.717) is 72.4 Å². The molecule has 0 saturated heterocycles. The Kier molecular flexibility index (Phi) is 17.6. The molecule has 12 aromatic rings. The topological polar surface area (TPSA) is 221 Å². The van der Waals surface area contributed by atoms with Crippen molar-refractivity contribution < 1.29 is 98.1 Å². The Bertz CT molecular complexity index is 5010. The summed E-state index contributed by atoms with van der Waals surface area (Å²) in [6, 6.07) is 46.7. The fourth-order valence-corrected chi connectivity index (χ4v) is 9.20. The van der Waals surface area contributed by atoms with Crippen LogP contribution < -0.4 is 4.74 Å². The lowest BCUT2D eigenvalue weighted by atomic mass is 10.0. The zero-order chi connectivity index (χ0) is 65.6. The molecule has 0 spiro atoms. The van der Waals surface area contributed by atoms with Gasteiger partial charge in [-0.05, 0) is 72.8 Å². The highest BCUT2D eigenvalue weighted by molar-refractivity contribution is 6.03. The summed E-state index contributed by atoms with van der Waals surface area (Å²) >= 11 is 0. The molecule has 0 saturated carbocycles. The Morgan fingerprint density at radius 3 is 1.09 bits per heavy atom. The van der Waals surface area contributed by atoms with Gasteiger partial charge >= 0.3 is 30.4 Å². The van der Waals surface area contributed by atoms with Crippen molar-refractivity contribution in [3.8, 4) is 92.5 Å². The first-order valence-corrected chi connectivity index (χ1v) is 26.7. The maximum atomic E-state index is 13.5. The third-order valence-corrected chi connectivity index (χ3v) is 13.4. The van der Waals surface area contributed by atoms with E-state index in [1.165, 1.54) is 60.7 Å². The number of carboxylic acids is 3.